The average Bonchev–Trinajstić information content (AvgIpc) is 3.06. The van der Waals surface area contributed by atoms with Crippen molar-refractivity contribution in [1.29, 1.82) is 5.26 Å². The first-order chi connectivity index (χ1) is 14.0. The number of benzene rings is 2. The normalized spacial score (nSPS) is 15.4. The fourth-order valence-corrected chi connectivity index (χ4v) is 3.84. The Hall–Kier alpha value is -3.31. The molecule has 29 heavy (non-hydrogen) atoms. The zero-order valence-corrected chi connectivity index (χ0v) is 17.0. The number of hydrogen-bond acceptors (Lipinski definition) is 5. The summed E-state index contributed by atoms with van der Waals surface area (Å²) in [7, 11) is 0. The van der Waals surface area contributed by atoms with Gasteiger partial charge >= 0.3 is 0 Å². The van der Waals surface area contributed by atoms with E-state index in [9.17, 15) is 9.65 Å². The first kappa shape index (κ1) is 19.0. The number of hydrogen-bond donors (Lipinski definition) is 2. The molecule has 1 aliphatic heterocycles. The Morgan fingerprint density at radius 2 is 2.17 bits per heavy atom. The lowest BCUT2D eigenvalue weighted by Gasteiger charge is -2.24. The topological polar surface area (TPSA) is 97.0 Å². The van der Waals surface area contributed by atoms with Crippen molar-refractivity contribution < 1.29 is 13.9 Å². The summed E-state index contributed by atoms with van der Waals surface area (Å²) in [5.41, 5.74) is 9.41. The Balaban J connectivity index is 1.65. The molecule has 1 aliphatic rings. The van der Waals surface area contributed by atoms with Crippen LogP contribution in [0.3, 0.4) is 0 Å². The number of nitrogens with zero attached hydrogens (tertiary/aromatic N) is 2. The van der Waals surface area contributed by atoms with E-state index in [0.717, 1.165) is 22.4 Å². The summed E-state index contributed by atoms with van der Waals surface area (Å²) in [5, 5.41) is 16.6. The Bertz CT molecular complexity index is 1170. The van der Waals surface area contributed by atoms with E-state index in [0.29, 0.717) is 21.7 Å². The minimum absolute atomic E-state index is 0.0408. The number of nitrogens with one attached hydrogen (secondary N) is 1. The van der Waals surface area contributed by atoms with Crippen molar-refractivity contribution >= 4 is 15.9 Å². The number of aryl methyl sites for hydroxylation is 1. The highest BCUT2D eigenvalue weighted by atomic mass is 79.9. The smallest absolute Gasteiger partial charge is 0.244 e. The maximum absolute atomic E-state index is 13.3. The second-order valence-corrected chi connectivity index (χ2v) is 7.46. The zero-order chi connectivity index (χ0) is 20.5. The van der Waals surface area contributed by atoms with Gasteiger partial charge in [0.05, 0.1) is 10.4 Å². The van der Waals surface area contributed by atoms with E-state index >= 15 is 0 Å². The molecule has 1 atom stereocenters. The molecule has 3 aromatic rings. The minimum Gasteiger partial charge on any atom is -0.488 e. The van der Waals surface area contributed by atoms with E-state index in [4.69, 9.17) is 15.2 Å². The molecule has 0 radical (unpaired) electrons. The summed E-state index contributed by atoms with van der Waals surface area (Å²) in [6, 6.07) is 13.9. The van der Waals surface area contributed by atoms with E-state index in [2.05, 4.69) is 32.2 Å². The van der Waals surface area contributed by atoms with Crippen LogP contribution in [-0.2, 0) is 6.61 Å². The molecule has 4 rings (SSSR count). The van der Waals surface area contributed by atoms with Crippen LogP contribution >= 0.6 is 15.9 Å². The van der Waals surface area contributed by atoms with Crippen molar-refractivity contribution in [2.24, 2.45) is 5.73 Å². The maximum Gasteiger partial charge on any atom is 0.244 e. The van der Waals surface area contributed by atoms with Gasteiger partial charge in [0.15, 0.2) is 0 Å². The van der Waals surface area contributed by atoms with Crippen LogP contribution in [-0.4, -0.2) is 10.2 Å². The molecule has 8 heteroatoms. The molecule has 0 amide bonds. The fourth-order valence-electron chi connectivity index (χ4n) is 3.33. The molecule has 3 N–H and O–H groups in total. The van der Waals surface area contributed by atoms with Crippen LogP contribution in [0.4, 0.5) is 4.39 Å². The Labute approximate surface area is 174 Å². The quantitative estimate of drug-likeness (QED) is 0.607. The molecule has 0 spiro atoms. The number of halogens is 2. The van der Waals surface area contributed by atoms with E-state index in [1.165, 1.54) is 12.1 Å². The van der Waals surface area contributed by atoms with E-state index < -0.39 is 5.92 Å². The first-order valence-electron chi connectivity index (χ1n) is 8.77. The molecule has 0 saturated carbocycles. The van der Waals surface area contributed by atoms with Crippen molar-refractivity contribution in [1.82, 2.24) is 10.2 Å². The molecule has 146 valence electrons. The van der Waals surface area contributed by atoms with Crippen LogP contribution in [0.25, 0.3) is 0 Å². The standard InChI is InChI=1S/C21H16BrFN4O2/c1-11-18-19(15(9-24)20(25)29-21(18)27-26-11)13-5-6-17(16(22)8-13)28-10-12-3-2-4-14(23)7-12/h2-8,19H,10,25H2,1H3,(H,26,27)/t19-/m0/s1. The van der Waals surface area contributed by atoms with Gasteiger partial charge in [-0.25, -0.2) is 4.39 Å². The SMILES string of the molecule is Cc1[nH]nc2c1[C@@H](c1ccc(OCc3cccc(F)c3)c(Br)c1)C(C#N)=C(N)O2. The number of nitrogens with two attached hydrogens (primary N) is 1. The molecular weight excluding hydrogens is 439 g/mol. The molecule has 2 heterocycles. The summed E-state index contributed by atoms with van der Waals surface area (Å²) in [5.74, 6) is 0.297. The third-order valence-corrected chi connectivity index (χ3v) is 5.32. The molecule has 0 unspecified atom stereocenters. The molecule has 0 aliphatic carbocycles. The summed E-state index contributed by atoms with van der Waals surface area (Å²) < 4.78 is 25.3. The van der Waals surface area contributed by atoms with Gasteiger partial charge in [0.25, 0.3) is 0 Å². The second kappa shape index (κ2) is 7.60. The van der Waals surface area contributed by atoms with Crippen LogP contribution in [0, 0.1) is 24.1 Å². The van der Waals surface area contributed by atoms with Crippen molar-refractivity contribution in [3.63, 3.8) is 0 Å². The number of fused-ring (bicyclic) bond motifs is 1. The van der Waals surface area contributed by atoms with Gasteiger partial charge in [-0.2, -0.15) is 5.26 Å². The van der Waals surface area contributed by atoms with Crippen molar-refractivity contribution in [3.8, 4) is 17.7 Å². The van der Waals surface area contributed by atoms with Gasteiger partial charge in [0.1, 0.15) is 29.8 Å². The first-order valence-corrected chi connectivity index (χ1v) is 9.56. The van der Waals surface area contributed by atoms with Gasteiger partial charge < -0.3 is 15.2 Å². The number of H-pyrrole nitrogens is 1. The van der Waals surface area contributed by atoms with Crippen molar-refractivity contribution in [2.45, 2.75) is 19.4 Å². The van der Waals surface area contributed by atoms with Gasteiger partial charge in [0.2, 0.25) is 11.8 Å². The Kier molecular flexibility index (Phi) is 4.99. The molecule has 0 fully saturated rings. The number of nitriles is 1. The second-order valence-electron chi connectivity index (χ2n) is 6.60. The number of allylic oxidation sites excluding steroid dienone is 1. The van der Waals surface area contributed by atoms with Gasteiger partial charge in [-0.3, -0.25) is 5.10 Å². The number of ether oxygens (including phenoxy) is 2. The van der Waals surface area contributed by atoms with Gasteiger partial charge in [0, 0.05) is 11.3 Å². The van der Waals surface area contributed by atoms with Crippen LogP contribution in [0.1, 0.15) is 28.3 Å². The fraction of sp³-hybridized carbons (Fsp3) is 0.143. The van der Waals surface area contributed by atoms with Gasteiger partial charge in [-0.15, -0.1) is 5.10 Å². The van der Waals surface area contributed by atoms with E-state index in [1.807, 2.05) is 19.1 Å². The average molecular weight is 455 g/mol. The van der Waals surface area contributed by atoms with Crippen LogP contribution in [0.2, 0.25) is 0 Å². The lowest BCUT2D eigenvalue weighted by molar-refractivity contribution is 0.303. The Morgan fingerprint density at radius 3 is 2.90 bits per heavy atom. The van der Waals surface area contributed by atoms with Crippen LogP contribution in [0.15, 0.2) is 58.4 Å². The molecule has 6 nitrogen and oxygen atoms in total. The minimum atomic E-state index is -0.406. The van der Waals surface area contributed by atoms with E-state index in [1.54, 1.807) is 18.2 Å². The molecular formula is C21H16BrFN4O2. The molecule has 0 bridgehead atoms. The lowest BCUT2D eigenvalue weighted by atomic mass is 9.84. The third-order valence-electron chi connectivity index (χ3n) is 4.70. The summed E-state index contributed by atoms with van der Waals surface area (Å²) in [6.45, 7) is 2.10. The Morgan fingerprint density at radius 1 is 1.34 bits per heavy atom. The predicted octanol–water partition coefficient (Wildman–Crippen LogP) is 4.42. The lowest BCUT2D eigenvalue weighted by Crippen LogP contribution is -2.21. The van der Waals surface area contributed by atoms with Gasteiger partial charge in [-0.05, 0) is 58.2 Å². The van der Waals surface area contributed by atoms with Gasteiger partial charge in [-0.1, -0.05) is 18.2 Å². The van der Waals surface area contributed by atoms with E-state index in [-0.39, 0.29) is 18.3 Å². The van der Waals surface area contributed by atoms with Crippen molar-refractivity contribution in [3.05, 3.63) is 86.6 Å². The monoisotopic (exact) mass is 454 g/mol. The summed E-state index contributed by atoms with van der Waals surface area (Å²) >= 11 is 3.52. The van der Waals surface area contributed by atoms with Crippen LogP contribution in [0.5, 0.6) is 11.6 Å². The number of rotatable bonds is 4. The van der Waals surface area contributed by atoms with Crippen LogP contribution < -0.4 is 15.2 Å². The number of aromatic amines is 1. The third kappa shape index (κ3) is 3.57. The maximum atomic E-state index is 13.3. The highest BCUT2D eigenvalue weighted by Gasteiger charge is 2.34. The highest BCUT2D eigenvalue weighted by molar-refractivity contribution is 9.10. The summed E-state index contributed by atoms with van der Waals surface area (Å²) in [4.78, 5) is 0. The van der Waals surface area contributed by atoms with Crippen molar-refractivity contribution in [2.75, 3.05) is 0 Å². The molecule has 2 aromatic carbocycles. The molecule has 0 saturated heterocycles. The molecule has 1 aromatic heterocycles. The largest absolute Gasteiger partial charge is 0.488 e. The summed E-state index contributed by atoms with van der Waals surface area (Å²) in [6.07, 6.45) is 0. The predicted molar refractivity (Wildman–Crippen MR) is 107 cm³/mol. The zero-order valence-electron chi connectivity index (χ0n) is 15.4. The number of aromatic nitrogens is 2. The highest BCUT2D eigenvalue weighted by Crippen LogP contribution is 2.44.